The van der Waals surface area contributed by atoms with Crippen molar-refractivity contribution in [3.05, 3.63) is 12.3 Å². The van der Waals surface area contributed by atoms with Gasteiger partial charge in [0, 0.05) is 6.08 Å². The number of hydrogen-bond acceptors (Lipinski definition) is 2. The Kier molecular flexibility index (Phi) is 1.68. The summed E-state index contributed by atoms with van der Waals surface area (Å²) >= 11 is 0. The molecule has 1 heterocycles. The minimum absolute atomic E-state index is 0.175. The largest absolute Gasteiger partial charge is 0.497 e. The smallest absolute Gasteiger partial charge is 0.165 e. The van der Waals surface area contributed by atoms with Crippen LogP contribution in [0.2, 0.25) is 0 Å². The van der Waals surface area contributed by atoms with Crippen LogP contribution in [-0.2, 0) is 9.53 Å². The first-order valence-electron chi connectivity index (χ1n) is 4.24. The summed E-state index contributed by atoms with van der Waals surface area (Å²) in [5.41, 5.74) is 0. The minimum atomic E-state index is 0.175. The highest BCUT2D eigenvalue weighted by atomic mass is 16.5. The van der Waals surface area contributed by atoms with Gasteiger partial charge in [0.2, 0.25) is 0 Å². The number of ether oxygens (including phenoxy) is 1. The molecule has 1 aliphatic heterocycles. The number of allylic oxidation sites excluding steroid dienone is 1. The van der Waals surface area contributed by atoms with E-state index in [4.69, 9.17) is 4.74 Å². The predicted molar refractivity (Wildman–Crippen MR) is 41.0 cm³/mol. The Balaban J connectivity index is 2.14. The van der Waals surface area contributed by atoms with Gasteiger partial charge in [0.05, 0.1) is 12.2 Å². The van der Waals surface area contributed by atoms with Crippen molar-refractivity contribution in [3.63, 3.8) is 0 Å². The van der Waals surface area contributed by atoms with Crippen LogP contribution in [0.4, 0.5) is 0 Å². The van der Waals surface area contributed by atoms with Crippen LogP contribution in [0.3, 0.4) is 0 Å². The summed E-state index contributed by atoms with van der Waals surface area (Å²) in [7, 11) is 0. The Morgan fingerprint density at radius 1 is 1.36 bits per heavy atom. The summed E-state index contributed by atoms with van der Waals surface area (Å²) < 4.78 is 5.35. The second-order valence-corrected chi connectivity index (χ2v) is 3.27. The first kappa shape index (κ1) is 6.89. The minimum Gasteiger partial charge on any atom is -0.497 e. The summed E-state index contributed by atoms with van der Waals surface area (Å²) in [6, 6.07) is 0. The monoisotopic (exact) mass is 152 g/mol. The van der Waals surface area contributed by atoms with E-state index in [1.165, 1.54) is 12.8 Å². The molecule has 0 aromatic heterocycles. The molecule has 1 aliphatic carbocycles. The third kappa shape index (κ3) is 1.17. The highest BCUT2D eigenvalue weighted by molar-refractivity contribution is 5.92. The maximum absolute atomic E-state index is 11.3. The molecule has 2 rings (SSSR count). The van der Waals surface area contributed by atoms with Crippen LogP contribution in [0, 0.1) is 5.92 Å². The zero-order chi connectivity index (χ0) is 7.68. The van der Waals surface area contributed by atoms with E-state index in [0.29, 0.717) is 0 Å². The normalized spacial score (nSPS) is 36.2. The summed E-state index contributed by atoms with van der Waals surface area (Å²) in [6.07, 6.45) is 7.78. The molecule has 11 heavy (non-hydrogen) atoms. The van der Waals surface area contributed by atoms with E-state index in [2.05, 4.69) is 0 Å². The Morgan fingerprint density at radius 2 is 2.18 bits per heavy atom. The van der Waals surface area contributed by atoms with E-state index >= 15 is 0 Å². The van der Waals surface area contributed by atoms with Crippen LogP contribution in [0.25, 0.3) is 0 Å². The van der Waals surface area contributed by atoms with Gasteiger partial charge in [-0.05, 0) is 19.3 Å². The van der Waals surface area contributed by atoms with Gasteiger partial charge in [-0.1, -0.05) is 6.42 Å². The van der Waals surface area contributed by atoms with E-state index in [1.54, 1.807) is 12.3 Å². The summed E-state index contributed by atoms with van der Waals surface area (Å²) in [4.78, 5) is 11.3. The number of fused-ring (bicyclic) bond motifs is 1. The first-order chi connectivity index (χ1) is 5.38. The zero-order valence-corrected chi connectivity index (χ0v) is 6.45. The lowest BCUT2D eigenvalue weighted by molar-refractivity contribution is -0.125. The molecule has 1 fully saturated rings. The Hall–Kier alpha value is -0.790. The van der Waals surface area contributed by atoms with Gasteiger partial charge in [0.1, 0.15) is 6.10 Å². The standard InChI is InChI=1S/C9H12O2/c10-8-5-6-11-9-4-2-1-3-7(8)9/h5-7,9H,1-4H2. The fourth-order valence-corrected chi connectivity index (χ4v) is 1.92. The molecule has 2 atom stereocenters. The van der Waals surface area contributed by atoms with Gasteiger partial charge in [-0.25, -0.2) is 0 Å². The van der Waals surface area contributed by atoms with Gasteiger partial charge in [-0.3, -0.25) is 4.79 Å². The van der Waals surface area contributed by atoms with Crippen LogP contribution in [-0.4, -0.2) is 11.9 Å². The third-order valence-corrected chi connectivity index (χ3v) is 2.55. The molecule has 0 saturated heterocycles. The lowest BCUT2D eigenvalue weighted by atomic mass is 9.83. The number of carbonyl (C=O) groups excluding carboxylic acids is 1. The van der Waals surface area contributed by atoms with E-state index < -0.39 is 0 Å². The van der Waals surface area contributed by atoms with Crippen molar-refractivity contribution in [2.24, 2.45) is 5.92 Å². The van der Waals surface area contributed by atoms with Crippen molar-refractivity contribution in [1.29, 1.82) is 0 Å². The van der Waals surface area contributed by atoms with Gasteiger partial charge in [0.25, 0.3) is 0 Å². The Bertz CT molecular complexity index is 196. The van der Waals surface area contributed by atoms with E-state index in [9.17, 15) is 4.79 Å². The van der Waals surface area contributed by atoms with E-state index in [0.717, 1.165) is 12.8 Å². The maximum Gasteiger partial charge on any atom is 0.165 e. The lowest BCUT2D eigenvalue weighted by Gasteiger charge is -2.31. The molecule has 2 aliphatic rings. The van der Waals surface area contributed by atoms with Crippen LogP contribution in [0.15, 0.2) is 12.3 Å². The van der Waals surface area contributed by atoms with E-state index in [-0.39, 0.29) is 17.8 Å². The van der Waals surface area contributed by atoms with Crippen molar-refractivity contribution in [2.45, 2.75) is 31.8 Å². The molecule has 0 aromatic carbocycles. The summed E-state index contributed by atoms with van der Waals surface area (Å²) in [5.74, 6) is 0.440. The Labute approximate surface area is 66.2 Å². The molecule has 0 amide bonds. The number of rotatable bonds is 0. The molecule has 0 aromatic rings. The molecule has 0 bridgehead atoms. The number of ketones is 1. The molecule has 2 nitrogen and oxygen atoms in total. The zero-order valence-electron chi connectivity index (χ0n) is 6.45. The molecule has 60 valence electrons. The molecule has 2 heteroatoms. The predicted octanol–water partition coefficient (Wildman–Crippen LogP) is 1.66. The first-order valence-corrected chi connectivity index (χ1v) is 4.24. The average Bonchev–Trinajstić information content (AvgIpc) is 2.06. The molecular weight excluding hydrogens is 140 g/mol. The second-order valence-electron chi connectivity index (χ2n) is 3.27. The van der Waals surface area contributed by atoms with Crippen LogP contribution < -0.4 is 0 Å². The van der Waals surface area contributed by atoms with Crippen molar-refractivity contribution in [1.82, 2.24) is 0 Å². The molecule has 2 unspecified atom stereocenters. The van der Waals surface area contributed by atoms with Crippen molar-refractivity contribution in [2.75, 3.05) is 0 Å². The highest BCUT2D eigenvalue weighted by Gasteiger charge is 2.32. The fraction of sp³-hybridized carbons (Fsp3) is 0.667. The fourth-order valence-electron chi connectivity index (χ4n) is 1.92. The topological polar surface area (TPSA) is 26.3 Å². The highest BCUT2D eigenvalue weighted by Crippen LogP contribution is 2.30. The van der Waals surface area contributed by atoms with Crippen molar-refractivity contribution < 1.29 is 9.53 Å². The van der Waals surface area contributed by atoms with Crippen molar-refractivity contribution in [3.8, 4) is 0 Å². The molecule has 1 saturated carbocycles. The van der Waals surface area contributed by atoms with Gasteiger partial charge in [-0.2, -0.15) is 0 Å². The second kappa shape index (κ2) is 2.68. The van der Waals surface area contributed by atoms with E-state index in [1.807, 2.05) is 0 Å². The summed E-state index contributed by atoms with van der Waals surface area (Å²) in [5, 5.41) is 0. The van der Waals surface area contributed by atoms with Crippen molar-refractivity contribution >= 4 is 5.78 Å². The molecule has 0 spiro atoms. The third-order valence-electron chi connectivity index (χ3n) is 2.55. The molecular formula is C9H12O2. The maximum atomic E-state index is 11.3. The van der Waals surface area contributed by atoms with Gasteiger partial charge in [0.15, 0.2) is 5.78 Å². The van der Waals surface area contributed by atoms with Crippen LogP contribution >= 0.6 is 0 Å². The van der Waals surface area contributed by atoms with Gasteiger partial charge >= 0.3 is 0 Å². The summed E-state index contributed by atoms with van der Waals surface area (Å²) in [6.45, 7) is 0. The van der Waals surface area contributed by atoms with Crippen LogP contribution in [0.5, 0.6) is 0 Å². The molecule has 0 N–H and O–H groups in total. The Morgan fingerprint density at radius 3 is 3.00 bits per heavy atom. The van der Waals surface area contributed by atoms with Gasteiger partial charge in [-0.15, -0.1) is 0 Å². The quantitative estimate of drug-likeness (QED) is 0.527. The SMILES string of the molecule is O=C1C=COC2CCCCC12. The van der Waals surface area contributed by atoms with Crippen LogP contribution in [0.1, 0.15) is 25.7 Å². The average molecular weight is 152 g/mol. The van der Waals surface area contributed by atoms with Gasteiger partial charge < -0.3 is 4.74 Å². The lowest BCUT2D eigenvalue weighted by Crippen LogP contribution is -2.34. The number of hydrogen-bond donors (Lipinski definition) is 0. The molecule has 0 radical (unpaired) electrons. The number of carbonyl (C=O) groups is 1.